The van der Waals surface area contributed by atoms with Crippen LogP contribution in [0.2, 0.25) is 25.7 Å². The molecule has 10 nitrogen and oxygen atoms in total. The Morgan fingerprint density at radius 2 is 1.83 bits per heavy atom. The van der Waals surface area contributed by atoms with Crippen LogP contribution in [0.5, 0.6) is 5.75 Å². The van der Waals surface area contributed by atoms with Gasteiger partial charge in [-0.2, -0.15) is 28.5 Å². The van der Waals surface area contributed by atoms with E-state index in [0.717, 1.165) is 40.6 Å². The zero-order valence-corrected chi connectivity index (χ0v) is 25.8. The summed E-state index contributed by atoms with van der Waals surface area (Å²) in [7, 11) is 0.558. The van der Waals surface area contributed by atoms with Gasteiger partial charge in [0, 0.05) is 57.7 Å². The Bertz CT molecular complexity index is 1500. The number of aromatic nitrogens is 7. The topological polar surface area (TPSA) is 96.8 Å². The molecule has 0 saturated heterocycles. The molecule has 228 valence electrons. The average molecular weight is 605 g/mol. The van der Waals surface area contributed by atoms with Crippen LogP contribution in [0.25, 0.3) is 22.2 Å². The van der Waals surface area contributed by atoms with E-state index in [1.165, 1.54) is 10.9 Å². The van der Waals surface area contributed by atoms with Gasteiger partial charge in [0.2, 0.25) is 5.69 Å². The fourth-order valence-corrected chi connectivity index (χ4v) is 5.98. The maximum Gasteiger partial charge on any atom is 0.438 e. The van der Waals surface area contributed by atoms with Gasteiger partial charge in [0.05, 0.1) is 30.1 Å². The first-order valence-corrected chi connectivity index (χ1v) is 18.1. The number of alkyl halides is 3. The van der Waals surface area contributed by atoms with Gasteiger partial charge in [-0.3, -0.25) is 9.36 Å². The van der Waals surface area contributed by atoms with E-state index in [2.05, 4.69) is 40.1 Å². The molecule has 0 radical (unpaired) electrons. The molecule has 5 rings (SSSR count). The number of rotatable bonds is 11. The van der Waals surface area contributed by atoms with E-state index in [1.807, 2.05) is 37.1 Å². The van der Waals surface area contributed by atoms with Gasteiger partial charge < -0.3 is 14.8 Å². The largest absolute Gasteiger partial charge is 0.486 e. The lowest BCUT2D eigenvalue weighted by atomic mass is 9.93. The Kier molecular flexibility index (Phi) is 8.65. The Morgan fingerprint density at radius 3 is 2.48 bits per heavy atom. The van der Waals surface area contributed by atoms with Crippen molar-refractivity contribution >= 4 is 24.8 Å². The van der Waals surface area contributed by atoms with Crippen LogP contribution in [0.1, 0.15) is 44.3 Å². The summed E-state index contributed by atoms with van der Waals surface area (Å²) in [4.78, 5) is 4.55. The molecule has 4 heterocycles. The van der Waals surface area contributed by atoms with Gasteiger partial charge in [-0.15, -0.1) is 0 Å². The molecule has 4 aromatic heterocycles. The van der Waals surface area contributed by atoms with Gasteiger partial charge in [0.1, 0.15) is 18.2 Å². The third kappa shape index (κ3) is 6.97. The van der Waals surface area contributed by atoms with E-state index in [1.54, 1.807) is 10.9 Å². The fourth-order valence-electron chi connectivity index (χ4n) is 5.22. The van der Waals surface area contributed by atoms with E-state index in [0.29, 0.717) is 32.3 Å². The highest BCUT2D eigenvalue weighted by molar-refractivity contribution is 6.76. The zero-order valence-electron chi connectivity index (χ0n) is 24.8. The van der Waals surface area contributed by atoms with E-state index in [4.69, 9.17) is 14.6 Å². The molecule has 14 heteroatoms. The van der Waals surface area contributed by atoms with Crippen LogP contribution >= 0.6 is 0 Å². The van der Waals surface area contributed by atoms with Crippen LogP contribution < -0.4 is 10.1 Å². The molecule has 0 aliphatic heterocycles. The summed E-state index contributed by atoms with van der Waals surface area (Å²) < 4.78 is 57.9. The highest BCUT2D eigenvalue weighted by Gasteiger charge is 2.39. The Hall–Kier alpha value is -3.39. The molecular weight excluding hydrogens is 565 g/mol. The zero-order chi connectivity index (χ0) is 30.1. The molecule has 0 aromatic carbocycles. The lowest BCUT2D eigenvalue weighted by molar-refractivity contribution is -0.143. The van der Waals surface area contributed by atoms with Crippen LogP contribution in [0.4, 0.5) is 19.0 Å². The number of anilines is 1. The summed E-state index contributed by atoms with van der Waals surface area (Å²) >= 11 is 0. The molecule has 1 N–H and O–H groups in total. The van der Waals surface area contributed by atoms with Crippen LogP contribution in [0.15, 0.2) is 30.9 Å². The number of aryl methyl sites for hydroxylation is 1. The van der Waals surface area contributed by atoms with Crippen molar-refractivity contribution in [1.82, 2.24) is 34.3 Å². The summed E-state index contributed by atoms with van der Waals surface area (Å²) in [6, 6.07) is 3.00. The minimum atomic E-state index is -4.62. The second kappa shape index (κ2) is 12.1. The maximum atomic E-state index is 13.8. The molecule has 0 amide bonds. The molecule has 1 fully saturated rings. The fraction of sp³-hybridized carbons (Fsp3) is 0.571. The van der Waals surface area contributed by atoms with Crippen molar-refractivity contribution in [2.24, 2.45) is 7.05 Å². The second-order valence-electron chi connectivity index (χ2n) is 12.1. The standard InChI is InChI=1S/C28H39F3N8O2Si/c1-6-32-25-13-23-22(15-33-25)26(19-14-34-37(2)16-19)35-39(23)20-7-9-21(10-8-20)41-24-17-38(36-27(24)28(29,30)31)18-40-11-12-42(3,4)5/h13-17,20-21H,6-12,18H2,1-5H3,(H,32,33)/t20-,21+. The normalized spacial score (nSPS) is 18.1. The minimum absolute atomic E-state index is 0.0426. The lowest BCUT2D eigenvalue weighted by Gasteiger charge is -2.29. The third-order valence-corrected chi connectivity index (χ3v) is 9.13. The number of ether oxygens (including phenoxy) is 2. The quantitative estimate of drug-likeness (QED) is 0.157. The van der Waals surface area contributed by atoms with Crippen LogP contribution in [0.3, 0.4) is 0 Å². The number of halogens is 3. The first-order valence-electron chi connectivity index (χ1n) is 14.4. The third-order valence-electron chi connectivity index (χ3n) is 7.43. The van der Waals surface area contributed by atoms with Crippen LogP contribution in [-0.4, -0.2) is 61.7 Å². The monoisotopic (exact) mass is 604 g/mol. The predicted octanol–water partition coefficient (Wildman–Crippen LogP) is 6.35. The van der Waals surface area contributed by atoms with Gasteiger partial charge in [-0.1, -0.05) is 19.6 Å². The van der Waals surface area contributed by atoms with Crippen molar-refractivity contribution in [3.63, 3.8) is 0 Å². The van der Waals surface area contributed by atoms with Gasteiger partial charge >= 0.3 is 6.18 Å². The second-order valence-corrected chi connectivity index (χ2v) is 17.7. The van der Waals surface area contributed by atoms with Crippen molar-refractivity contribution in [1.29, 1.82) is 0 Å². The molecule has 1 aliphatic carbocycles. The number of fused-ring (bicyclic) bond motifs is 1. The van der Waals surface area contributed by atoms with E-state index < -0.39 is 19.9 Å². The number of hydrogen-bond acceptors (Lipinski definition) is 7. The molecular formula is C28H39F3N8O2Si. The van der Waals surface area contributed by atoms with Crippen molar-refractivity contribution < 1.29 is 22.6 Å². The highest BCUT2D eigenvalue weighted by atomic mass is 28.3. The Labute approximate surface area is 244 Å². The first-order chi connectivity index (χ1) is 19.9. The van der Waals surface area contributed by atoms with E-state index in [-0.39, 0.29) is 24.6 Å². The molecule has 0 bridgehead atoms. The van der Waals surface area contributed by atoms with Gasteiger partial charge in [0.25, 0.3) is 0 Å². The average Bonchev–Trinajstić information content (AvgIpc) is 3.63. The molecule has 0 unspecified atom stereocenters. The van der Waals surface area contributed by atoms with Crippen LogP contribution in [0, 0.1) is 0 Å². The van der Waals surface area contributed by atoms with E-state index in [9.17, 15) is 13.2 Å². The Balaban J connectivity index is 1.30. The molecule has 1 saturated carbocycles. The summed E-state index contributed by atoms with van der Waals surface area (Å²) in [5.41, 5.74) is 1.65. The molecule has 42 heavy (non-hydrogen) atoms. The summed E-state index contributed by atoms with van der Waals surface area (Å²) in [5, 5.41) is 17.2. The summed E-state index contributed by atoms with van der Waals surface area (Å²) in [6.45, 7) is 9.87. The number of nitrogens with one attached hydrogen (secondary N) is 1. The summed E-state index contributed by atoms with van der Waals surface area (Å²) in [6.07, 6.45) is 4.47. The predicted molar refractivity (Wildman–Crippen MR) is 157 cm³/mol. The smallest absolute Gasteiger partial charge is 0.438 e. The van der Waals surface area contributed by atoms with E-state index >= 15 is 0 Å². The SMILES string of the molecule is CCNc1cc2c(cn1)c(-c1cnn(C)c1)nn2[C@H]1CC[C@@H](Oc2cn(COCC[Si](C)(C)C)nc2C(F)(F)F)CC1. The van der Waals surface area contributed by atoms with Gasteiger partial charge in [-0.05, 0) is 38.7 Å². The first kappa shape index (κ1) is 30.1. The lowest BCUT2D eigenvalue weighted by Crippen LogP contribution is -2.27. The highest BCUT2D eigenvalue weighted by Crippen LogP contribution is 2.39. The van der Waals surface area contributed by atoms with Gasteiger partial charge in [0.15, 0.2) is 5.75 Å². The molecule has 4 aromatic rings. The van der Waals surface area contributed by atoms with Crippen molar-refractivity contribution in [2.45, 2.75) is 83.3 Å². The minimum Gasteiger partial charge on any atom is -0.486 e. The number of hydrogen-bond donors (Lipinski definition) is 1. The van der Waals surface area contributed by atoms with Crippen molar-refractivity contribution in [3.05, 3.63) is 36.5 Å². The van der Waals surface area contributed by atoms with Crippen molar-refractivity contribution in [2.75, 3.05) is 18.5 Å². The molecule has 0 atom stereocenters. The van der Waals surface area contributed by atoms with Gasteiger partial charge in [-0.25, -0.2) is 9.67 Å². The molecule has 0 spiro atoms. The number of nitrogens with zero attached hydrogens (tertiary/aromatic N) is 7. The Morgan fingerprint density at radius 1 is 1.07 bits per heavy atom. The number of pyridine rings is 1. The summed E-state index contributed by atoms with van der Waals surface area (Å²) in [5.74, 6) is 0.520. The maximum absolute atomic E-state index is 13.8. The molecule has 1 aliphatic rings. The van der Waals surface area contributed by atoms with Crippen LogP contribution in [-0.2, 0) is 24.7 Å². The van der Waals surface area contributed by atoms with Crippen molar-refractivity contribution in [3.8, 4) is 17.0 Å².